The molecule has 0 fully saturated rings. The zero-order valence-electron chi connectivity index (χ0n) is 8.04. The summed E-state index contributed by atoms with van der Waals surface area (Å²) in [5.41, 5.74) is 2.20. The molecular weight excluding hydrogens is 246 g/mol. The van der Waals surface area contributed by atoms with Crippen LogP contribution in [0.15, 0.2) is 12.1 Å². The Kier molecular flexibility index (Phi) is 3.77. The zero-order chi connectivity index (χ0) is 9.26. The standard InChI is InChI=1S/C10H13NO2.BrH/c1-13-9-3-2-7-4-5-11-6-8(7)10(9)12;/h2-3,11-12H,4-6H2,1H3;1H. The highest BCUT2D eigenvalue weighted by molar-refractivity contribution is 8.93. The van der Waals surface area contributed by atoms with Crippen molar-refractivity contribution in [1.82, 2.24) is 5.32 Å². The fourth-order valence-corrected chi connectivity index (χ4v) is 1.69. The summed E-state index contributed by atoms with van der Waals surface area (Å²) < 4.78 is 5.03. The predicted molar refractivity (Wildman–Crippen MR) is 60.4 cm³/mol. The second-order valence-electron chi connectivity index (χ2n) is 3.18. The Morgan fingerprint density at radius 3 is 2.93 bits per heavy atom. The van der Waals surface area contributed by atoms with Crippen molar-refractivity contribution in [3.05, 3.63) is 23.3 Å². The topological polar surface area (TPSA) is 41.5 Å². The molecule has 2 rings (SSSR count). The first kappa shape index (κ1) is 11.3. The molecule has 1 aliphatic heterocycles. The van der Waals surface area contributed by atoms with E-state index in [4.69, 9.17) is 4.74 Å². The number of ether oxygens (including phenoxy) is 1. The van der Waals surface area contributed by atoms with Gasteiger partial charge in [-0.15, -0.1) is 17.0 Å². The van der Waals surface area contributed by atoms with E-state index in [0.29, 0.717) is 5.75 Å². The SMILES string of the molecule is Br.COc1ccc2c(c1O)CNCC2. The van der Waals surface area contributed by atoms with Gasteiger partial charge < -0.3 is 15.2 Å². The number of aromatic hydroxyl groups is 1. The van der Waals surface area contributed by atoms with Crippen LogP contribution >= 0.6 is 17.0 Å². The Morgan fingerprint density at radius 2 is 2.21 bits per heavy atom. The summed E-state index contributed by atoms with van der Waals surface area (Å²) in [6.45, 7) is 1.72. The van der Waals surface area contributed by atoms with E-state index in [-0.39, 0.29) is 22.7 Å². The number of hydrogen-bond acceptors (Lipinski definition) is 3. The largest absolute Gasteiger partial charge is 0.504 e. The fraction of sp³-hybridized carbons (Fsp3) is 0.400. The van der Waals surface area contributed by atoms with Gasteiger partial charge in [-0.25, -0.2) is 0 Å². The molecule has 0 spiro atoms. The number of nitrogens with one attached hydrogen (secondary N) is 1. The molecule has 0 unspecified atom stereocenters. The second kappa shape index (κ2) is 4.66. The van der Waals surface area contributed by atoms with Crippen LogP contribution < -0.4 is 10.1 Å². The normalized spacial score (nSPS) is 14.1. The third-order valence-corrected chi connectivity index (χ3v) is 2.44. The van der Waals surface area contributed by atoms with E-state index in [0.717, 1.165) is 25.1 Å². The minimum absolute atomic E-state index is 0. The van der Waals surface area contributed by atoms with Crippen molar-refractivity contribution in [2.24, 2.45) is 0 Å². The Labute approximate surface area is 93.9 Å². The van der Waals surface area contributed by atoms with Crippen LogP contribution in [0.2, 0.25) is 0 Å². The van der Waals surface area contributed by atoms with Crippen molar-refractivity contribution in [1.29, 1.82) is 0 Å². The highest BCUT2D eigenvalue weighted by atomic mass is 79.9. The predicted octanol–water partition coefficient (Wildman–Crippen LogP) is 1.62. The van der Waals surface area contributed by atoms with Crippen molar-refractivity contribution in [3.63, 3.8) is 0 Å². The number of phenolic OH excluding ortho intramolecular Hbond substituents is 1. The van der Waals surface area contributed by atoms with Gasteiger partial charge in [-0.05, 0) is 24.6 Å². The van der Waals surface area contributed by atoms with Crippen LogP contribution in [0, 0.1) is 0 Å². The molecule has 0 amide bonds. The van der Waals surface area contributed by atoms with E-state index in [1.54, 1.807) is 7.11 Å². The third kappa shape index (κ3) is 1.86. The molecule has 14 heavy (non-hydrogen) atoms. The lowest BCUT2D eigenvalue weighted by molar-refractivity contribution is 0.368. The molecule has 0 saturated heterocycles. The maximum atomic E-state index is 9.77. The number of halogens is 1. The van der Waals surface area contributed by atoms with Gasteiger partial charge in [-0.2, -0.15) is 0 Å². The lowest BCUT2D eigenvalue weighted by atomic mass is 10.00. The number of methoxy groups -OCH3 is 1. The van der Waals surface area contributed by atoms with Crippen molar-refractivity contribution in [2.45, 2.75) is 13.0 Å². The second-order valence-corrected chi connectivity index (χ2v) is 3.18. The molecule has 78 valence electrons. The molecule has 0 aliphatic carbocycles. The van der Waals surface area contributed by atoms with E-state index in [1.807, 2.05) is 12.1 Å². The van der Waals surface area contributed by atoms with Gasteiger partial charge in [0.25, 0.3) is 0 Å². The monoisotopic (exact) mass is 259 g/mol. The molecule has 0 aromatic heterocycles. The molecule has 1 aromatic carbocycles. The molecule has 1 heterocycles. The summed E-state index contributed by atoms with van der Waals surface area (Å²) in [6, 6.07) is 3.84. The summed E-state index contributed by atoms with van der Waals surface area (Å²) >= 11 is 0. The van der Waals surface area contributed by atoms with E-state index < -0.39 is 0 Å². The number of fused-ring (bicyclic) bond motifs is 1. The van der Waals surface area contributed by atoms with Crippen LogP contribution in [0.25, 0.3) is 0 Å². The minimum Gasteiger partial charge on any atom is -0.504 e. The summed E-state index contributed by atoms with van der Waals surface area (Å²) in [4.78, 5) is 0. The molecular formula is C10H14BrNO2. The van der Waals surface area contributed by atoms with Crippen LogP contribution in [-0.2, 0) is 13.0 Å². The van der Waals surface area contributed by atoms with Crippen LogP contribution in [0.4, 0.5) is 0 Å². The Morgan fingerprint density at radius 1 is 1.43 bits per heavy atom. The summed E-state index contributed by atoms with van der Waals surface area (Å²) in [6.07, 6.45) is 0.979. The number of phenols is 1. The highest BCUT2D eigenvalue weighted by Gasteiger charge is 2.15. The van der Waals surface area contributed by atoms with Gasteiger partial charge in [0.05, 0.1) is 7.11 Å². The van der Waals surface area contributed by atoms with Gasteiger partial charge in [0.15, 0.2) is 11.5 Å². The first-order chi connectivity index (χ1) is 6.33. The summed E-state index contributed by atoms with van der Waals surface area (Å²) in [5.74, 6) is 0.842. The van der Waals surface area contributed by atoms with E-state index in [1.165, 1.54) is 5.56 Å². The molecule has 0 atom stereocenters. The fourth-order valence-electron chi connectivity index (χ4n) is 1.69. The van der Waals surface area contributed by atoms with Gasteiger partial charge in [0.2, 0.25) is 0 Å². The van der Waals surface area contributed by atoms with Crippen molar-refractivity contribution >= 4 is 17.0 Å². The van der Waals surface area contributed by atoms with E-state index >= 15 is 0 Å². The van der Waals surface area contributed by atoms with Gasteiger partial charge >= 0.3 is 0 Å². The number of hydrogen-bond donors (Lipinski definition) is 2. The maximum absolute atomic E-state index is 9.77. The van der Waals surface area contributed by atoms with Crippen molar-refractivity contribution in [3.8, 4) is 11.5 Å². The average Bonchev–Trinajstić information content (AvgIpc) is 2.19. The quantitative estimate of drug-likeness (QED) is 0.806. The molecule has 1 aromatic rings. The van der Waals surface area contributed by atoms with Crippen LogP contribution in [0.5, 0.6) is 11.5 Å². The summed E-state index contributed by atoms with van der Waals surface area (Å²) in [7, 11) is 1.57. The molecule has 4 heteroatoms. The Hall–Kier alpha value is -0.740. The van der Waals surface area contributed by atoms with Crippen LogP contribution in [0.3, 0.4) is 0 Å². The van der Waals surface area contributed by atoms with E-state index in [2.05, 4.69) is 5.32 Å². The molecule has 0 saturated carbocycles. The third-order valence-electron chi connectivity index (χ3n) is 2.44. The lowest BCUT2D eigenvalue weighted by Crippen LogP contribution is -2.23. The zero-order valence-corrected chi connectivity index (χ0v) is 9.75. The van der Waals surface area contributed by atoms with Gasteiger partial charge in [-0.3, -0.25) is 0 Å². The molecule has 1 aliphatic rings. The molecule has 3 nitrogen and oxygen atoms in total. The van der Waals surface area contributed by atoms with Gasteiger partial charge in [0, 0.05) is 12.1 Å². The first-order valence-corrected chi connectivity index (χ1v) is 4.41. The van der Waals surface area contributed by atoms with E-state index in [9.17, 15) is 5.11 Å². The molecule has 0 radical (unpaired) electrons. The van der Waals surface area contributed by atoms with Crippen LogP contribution in [0.1, 0.15) is 11.1 Å². The number of benzene rings is 1. The molecule has 2 N–H and O–H groups in total. The Bertz CT molecular complexity index is 328. The van der Waals surface area contributed by atoms with Crippen molar-refractivity contribution < 1.29 is 9.84 Å². The first-order valence-electron chi connectivity index (χ1n) is 4.41. The smallest absolute Gasteiger partial charge is 0.162 e. The van der Waals surface area contributed by atoms with Crippen molar-refractivity contribution in [2.75, 3.05) is 13.7 Å². The highest BCUT2D eigenvalue weighted by Crippen LogP contribution is 2.33. The molecule has 0 bridgehead atoms. The van der Waals surface area contributed by atoms with Gasteiger partial charge in [-0.1, -0.05) is 6.07 Å². The average molecular weight is 260 g/mol. The maximum Gasteiger partial charge on any atom is 0.162 e. The number of rotatable bonds is 1. The summed E-state index contributed by atoms with van der Waals surface area (Å²) in [5, 5.41) is 13.0. The Balaban J connectivity index is 0.000000980. The van der Waals surface area contributed by atoms with Crippen LogP contribution in [-0.4, -0.2) is 18.8 Å². The lowest BCUT2D eigenvalue weighted by Gasteiger charge is -2.19. The minimum atomic E-state index is 0. The van der Waals surface area contributed by atoms with Gasteiger partial charge in [0.1, 0.15) is 0 Å².